The molecule has 0 aliphatic heterocycles. The fourth-order valence-corrected chi connectivity index (χ4v) is 2.74. The van der Waals surface area contributed by atoms with Gasteiger partial charge in [0.15, 0.2) is 0 Å². The van der Waals surface area contributed by atoms with E-state index in [9.17, 15) is 8.60 Å². The van der Waals surface area contributed by atoms with Crippen LogP contribution in [-0.4, -0.2) is 8.96 Å². The van der Waals surface area contributed by atoms with Crippen LogP contribution in [0.5, 0.6) is 0 Å². The normalized spacial score (nSPS) is 15.4. The molecule has 0 aliphatic carbocycles. The maximum absolute atomic E-state index is 13.8. The summed E-state index contributed by atoms with van der Waals surface area (Å²) < 4.78 is 29.3. The lowest BCUT2D eigenvalue weighted by atomic mass is 10.1. The van der Waals surface area contributed by atoms with Crippen LogP contribution in [0.2, 0.25) is 0 Å². The average Bonchev–Trinajstić information content (AvgIpc) is 2.28. The summed E-state index contributed by atoms with van der Waals surface area (Å²) in [7, 11) is -1.21. The first kappa shape index (κ1) is 15.8. The molecule has 102 valence electrons. The van der Waals surface area contributed by atoms with Gasteiger partial charge in [0, 0.05) is 16.1 Å². The fourth-order valence-electron chi connectivity index (χ4n) is 1.45. The van der Waals surface area contributed by atoms with Crippen LogP contribution >= 0.6 is 15.9 Å². The highest BCUT2D eigenvalue weighted by molar-refractivity contribution is 9.10. The monoisotopic (exact) mass is 335 g/mol. The van der Waals surface area contributed by atoms with Gasteiger partial charge in [-0.05, 0) is 45.4 Å². The number of benzene rings is 1. The molecule has 18 heavy (non-hydrogen) atoms. The van der Waals surface area contributed by atoms with E-state index in [1.54, 1.807) is 12.1 Å². The molecule has 1 aromatic rings. The predicted octanol–water partition coefficient (Wildman–Crippen LogP) is 4.09. The van der Waals surface area contributed by atoms with Crippen LogP contribution in [0.25, 0.3) is 0 Å². The highest BCUT2D eigenvalue weighted by atomic mass is 79.9. The summed E-state index contributed by atoms with van der Waals surface area (Å²) in [5.41, 5.74) is 0.546. The van der Waals surface area contributed by atoms with Crippen molar-refractivity contribution in [1.29, 1.82) is 0 Å². The summed E-state index contributed by atoms with van der Waals surface area (Å²) in [6, 6.07) is 4.56. The highest BCUT2D eigenvalue weighted by Crippen LogP contribution is 2.25. The van der Waals surface area contributed by atoms with Gasteiger partial charge in [-0.1, -0.05) is 22.9 Å². The van der Waals surface area contributed by atoms with E-state index in [0.717, 1.165) is 4.47 Å². The summed E-state index contributed by atoms with van der Waals surface area (Å²) >= 11 is 3.33. The third-order valence-electron chi connectivity index (χ3n) is 2.55. The Morgan fingerprint density at radius 3 is 2.56 bits per heavy atom. The van der Waals surface area contributed by atoms with Crippen molar-refractivity contribution in [3.8, 4) is 0 Å². The molecule has 0 saturated heterocycles. The van der Waals surface area contributed by atoms with Crippen LogP contribution in [0.15, 0.2) is 22.7 Å². The molecule has 1 N–H and O–H groups in total. The fraction of sp³-hybridized carbons (Fsp3) is 0.538. The Morgan fingerprint density at radius 1 is 1.44 bits per heavy atom. The molecular weight excluding hydrogens is 317 g/mol. The van der Waals surface area contributed by atoms with Crippen molar-refractivity contribution in [2.75, 3.05) is 0 Å². The van der Waals surface area contributed by atoms with Crippen molar-refractivity contribution in [1.82, 2.24) is 4.72 Å². The van der Waals surface area contributed by atoms with Crippen LogP contribution in [0.1, 0.15) is 45.7 Å². The van der Waals surface area contributed by atoms with E-state index in [1.807, 2.05) is 27.7 Å². The summed E-state index contributed by atoms with van der Waals surface area (Å²) in [5, 5.41) is 0. The molecule has 0 aromatic heterocycles. The first-order valence-electron chi connectivity index (χ1n) is 5.88. The van der Waals surface area contributed by atoms with E-state index in [-0.39, 0.29) is 16.6 Å². The number of halogens is 2. The minimum Gasteiger partial charge on any atom is -0.242 e. The molecule has 5 heteroatoms. The van der Waals surface area contributed by atoms with E-state index in [4.69, 9.17) is 0 Å². The Hall–Kier alpha value is -0.260. The van der Waals surface area contributed by atoms with Crippen molar-refractivity contribution in [2.45, 2.75) is 44.9 Å². The molecule has 0 fully saturated rings. The molecule has 0 amide bonds. The largest absolute Gasteiger partial charge is 0.242 e. The van der Waals surface area contributed by atoms with Crippen LogP contribution in [-0.2, 0) is 11.0 Å². The molecule has 0 radical (unpaired) electrons. The molecule has 2 nitrogen and oxygen atoms in total. The van der Waals surface area contributed by atoms with Gasteiger partial charge < -0.3 is 0 Å². The third kappa shape index (κ3) is 4.14. The second-order valence-corrected chi connectivity index (χ2v) is 8.04. The van der Waals surface area contributed by atoms with Gasteiger partial charge >= 0.3 is 0 Å². The van der Waals surface area contributed by atoms with Crippen LogP contribution < -0.4 is 4.72 Å². The van der Waals surface area contributed by atoms with Gasteiger partial charge in [0.05, 0.1) is 15.7 Å². The second-order valence-electron chi connectivity index (χ2n) is 5.13. The van der Waals surface area contributed by atoms with E-state index in [0.29, 0.717) is 12.0 Å². The number of hydrogen-bond donors (Lipinski definition) is 1. The molecule has 2 atom stereocenters. The topological polar surface area (TPSA) is 29.1 Å². The van der Waals surface area contributed by atoms with Crippen LogP contribution in [0.4, 0.5) is 4.39 Å². The SMILES string of the molecule is CC[C@@H](N[S@@](=O)C(C)(C)C)c1cc(Br)ccc1F. The first-order chi connectivity index (χ1) is 8.25. The molecule has 1 rings (SSSR count). The van der Waals surface area contributed by atoms with Crippen molar-refractivity contribution in [3.05, 3.63) is 34.1 Å². The summed E-state index contributed by atoms with van der Waals surface area (Å²) in [6.07, 6.45) is 0.676. The standard InChI is InChI=1S/C13H19BrFNOS/c1-5-12(16-18(17)13(2,3)4)10-8-9(14)6-7-11(10)15/h6-8,12,16H,5H2,1-4H3/t12-,18+/m1/s1. The Morgan fingerprint density at radius 2 is 2.06 bits per heavy atom. The van der Waals surface area contributed by atoms with E-state index in [1.165, 1.54) is 6.07 Å². The van der Waals surface area contributed by atoms with Crippen molar-refractivity contribution < 1.29 is 8.60 Å². The molecule has 0 saturated carbocycles. The van der Waals surface area contributed by atoms with Gasteiger partial charge in [0.1, 0.15) is 5.82 Å². The van der Waals surface area contributed by atoms with Crippen molar-refractivity contribution in [2.24, 2.45) is 0 Å². The third-order valence-corrected chi connectivity index (χ3v) is 4.65. The van der Waals surface area contributed by atoms with Crippen LogP contribution in [0, 0.1) is 5.82 Å². The lowest BCUT2D eigenvalue weighted by Crippen LogP contribution is -2.35. The van der Waals surface area contributed by atoms with Crippen molar-refractivity contribution in [3.63, 3.8) is 0 Å². The first-order valence-corrected chi connectivity index (χ1v) is 7.83. The minimum atomic E-state index is -1.21. The lowest BCUT2D eigenvalue weighted by Gasteiger charge is -2.24. The molecule has 0 heterocycles. The quantitative estimate of drug-likeness (QED) is 0.882. The molecular formula is C13H19BrFNOS. The molecule has 1 aromatic carbocycles. The molecule has 0 spiro atoms. The maximum atomic E-state index is 13.8. The van der Waals surface area contributed by atoms with Gasteiger partial charge in [-0.2, -0.15) is 0 Å². The predicted molar refractivity (Wildman–Crippen MR) is 78.2 cm³/mol. The highest BCUT2D eigenvalue weighted by Gasteiger charge is 2.24. The zero-order chi connectivity index (χ0) is 13.9. The van der Waals surface area contributed by atoms with E-state index < -0.39 is 11.0 Å². The van der Waals surface area contributed by atoms with Gasteiger partial charge in [0.25, 0.3) is 0 Å². The summed E-state index contributed by atoms with van der Waals surface area (Å²) in [6.45, 7) is 7.61. The smallest absolute Gasteiger partial charge is 0.128 e. The van der Waals surface area contributed by atoms with E-state index in [2.05, 4.69) is 20.7 Å². The molecule has 0 aliphatic rings. The summed E-state index contributed by atoms with van der Waals surface area (Å²) in [5.74, 6) is -0.275. The zero-order valence-electron chi connectivity index (χ0n) is 11.1. The number of rotatable bonds is 4. The maximum Gasteiger partial charge on any atom is 0.128 e. The van der Waals surface area contributed by atoms with Gasteiger partial charge in [0.2, 0.25) is 0 Å². The summed E-state index contributed by atoms with van der Waals surface area (Å²) in [4.78, 5) is 0. The average molecular weight is 336 g/mol. The van der Waals surface area contributed by atoms with Gasteiger partial charge in [-0.25, -0.2) is 13.3 Å². The van der Waals surface area contributed by atoms with Crippen LogP contribution in [0.3, 0.4) is 0 Å². The Labute approximate surface area is 119 Å². The second kappa shape index (κ2) is 6.26. The number of nitrogens with one attached hydrogen (secondary N) is 1. The Bertz CT molecular complexity index is 445. The molecule has 0 unspecified atom stereocenters. The Kier molecular flexibility index (Phi) is 5.49. The number of hydrogen-bond acceptors (Lipinski definition) is 1. The van der Waals surface area contributed by atoms with E-state index >= 15 is 0 Å². The van der Waals surface area contributed by atoms with Gasteiger partial charge in [-0.15, -0.1) is 0 Å². The van der Waals surface area contributed by atoms with Crippen molar-refractivity contribution >= 4 is 26.9 Å². The Balaban J connectivity index is 2.97. The van der Waals surface area contributed by atoms with Gasteiger partial charge in [-0.3, -0.25) is 0 Å². The zero-order valence-corrected chi connectivity index (χ0v) is 13.5. The minimum absolute atomic E-state index is 0.248. The molecule has 0 bridgehead atoms. The lowest BCUT2D eigenvalue weighted by molar-refractivity contribution is 0.544.